The van der Waals surface area contributed by atoms with E-state index in [1.165, 1.54) is 5.56 Å². The lowest BCUT2D eigenvalue weighted by atomic mass is 9.92. The highest BCUT2D eigenvalue weighted by atomic mass is 16.2. The van der Waals surface area contributed by atoms with Gasteiger partial charge in [0, 0.05) is 18.7 Å². The average Bonchev–Trinajstić information content (AvgIpc) is 2.65. The summed E-state index contributed by atoms with van der Waals surface area (Å²) in [6.45, 7) is 1.71. The maximum Gasteiger partial charge on any atom is 0.241 e. The molecule has 1 saturated heterocycles. The number of aryl methyl sites for hydroxylation is 1. The summed E-state index contributed by atoms with van der Waals surface area (Å²) in [5, 5.41) is 3.05. The molecule has 2 aliphatic heterocycles. The molecule has 0 saturated carbocycles. The van der Waals surface area contributed by atoms with Crippen LogP contribution in [0.25, 0.3) is 0 Å². The highest BCUT2D eigenvalue weighted by Crippen LogP contribution is 2.27. The fourth-order valence-electron chi connectivity index (χ4n) is 3.68. The van der Waals surface area contributed by atoms with Crippen LogP contribution >= 0.6 is 0 Å². The lowest BCUT2D eigenvalue weighted by molar-refractivity contribution is -0.122. The average molecular weight is 301 g/mol. The van der Waals surface area contributed by atoms with Gasteiger partial charge in [-0.25, -0.2) is 0 Å². The largest absolute Gasteiger partial charge is 0.370 e. The van der Waals surface area contributed by atoms with Crippen LogP contribution in [0.1, 0.15) is 31.2 Å². The third-order valence-corrected chi connectivity index (χ3v) is 4.75. The third kappa shape index (κ3) is 3.30. The summed E-state index contributed by atoms with van der Waals surface area (Å²) in [7, 11) is 0. The molecule has 2 aliphatic rings. The fraction of sp³-hybridized carbons (Fsp3) is 0.529. The molecular weight excluding hydrogens is 278 g/mol. The molecule has 0 spiro atoms. The summed E-state index contributed by atoms with van der Waals surface area (Å²) < 4.78 is 0. The van der Waals surface area contributed by atoms with E-state index in [9.17, 15) is 9.59 Å². The van der Waals surface area contributed by atoms with Crippen molar-refractivity contribution in [2.24, 2.45) is 11.7 Å². The van der Waals surface area contributed by atoms with Crippen LogP contribution in [0, 0.1) is 5.92 Å². The molecular formula is C17H23N3O2. The lowest BCUT2D eigenvalue weighted by Crippen LogP contribution is -2.48. The standard InChI is InChI=1S/C17H23N3O2/c18-16(21)10-12-4-3-9-20(11-12)15-8-7-13-5-1-2-6-14(13)19-17(15)22/h1-2,5-6,12,15H,3-4,7-11H2,(H2,18,21)(H,19,22)/t12-,15+/m1/s1. The minimum Gasteiger partial charge on any atom is -0.370 e. The van der Waals surface area contributed by atoms with Crippen LogP contribution in [0.15, 0.2) is 24.3 Å². The number of nitrogens with zero attached hydrogens (tertiary/aromatic N) is 1. The van der Waals surface area contributed by atoms with Gasteiger partial charge in [0.1, 0.15) is 0 Å². The van der Waals surface area contributed by atoms with E-state index in [-0.39, 0.29) is 23.8 Å². The van der Waals surface area contributed by atoms with Crippen molar-refractivity contribution in [3.05, 3.63) is 29.8 Å². The quantitative estimate of drug-likeness (QED) is 0.889. The highest BCUT2D eigenvalue weighted by molar-refractivity contribution is 5.96. The predicted octanol–water partition coefficient (Wildman–Crippen LogP) is 1.53. The number of rotatable bonds is 3. The number of fused-ring (bicyclic) bond motifs is 1. The van der Waals surface area contributed by atoms with Gasteiger partial charge < -0.3 is 11.1 Å². The van der Waals surface area contributed by atoms with Crippen molar-refractivity contribution in [1.29, 1.82) is 0 Å². The van der Waals surface area contributed by atoms with Crippen LogP contribution in [0.4, 0.5) is 5.69 Å². The summed E-state index contributed by atoms with van der Waals surface area (Å²) in [5.74, 6) is 0.110. The predicted molar refractivity (Wildman–Crippen MR) is 85.3 cm³/mol. The van der Waals surface area contributed by atoms with Crippen molar-refractivity contribution in [2.75, 3.05) is 18.4 Å². The maximum absolute atomic E-state index is 12.6. The zero-order chi connectivity index (χ0) is 15.5. The van der Waals surface area contributed by atoms with Crippen LogP contribution in [-0.4, -0.2) is 35.8 Å². The molecule has 1 aromatic rings. The number of likely N-dealkylation sites (tertiary alicyclic amines) is 1. The highest BCUT2D eigenvalue weighted by Gasteiger charge is 2.32. The van der Waals surface area contributed by atoms with E-state index in [1.807, 2.05) is 18.2 Å². The van der Waals surface area contributed by atoms with Crippen LogP contribution < -0.4 is 11.1 Å². The zero-order valence-corrected chi connectivity index (χ0v) is 12.8. The first kappa shape index (κ1) is 15.0. The molecule has 5 nitrogen and oxygen atoms in total. The van der Waals surface area contributed by atoms with Crippen molar-refractivity contribution >= 4 is 17.5 Å². The van der Waals surface area contributed by atoms with E-state index in [1.54, 1.807) is 0 Å². The first-order valence-corrected chi connectivity index (χ1v) is 8.04. The van der Waals surface area contributed by atoms with Gasteiger partial charge in [-0.05, 0) is 49.8 Å². The number of primary amides is 1. The Balaban J connectivity index is 1.70. The Morgan fingerprint density at radius 3 is 2.95 bits per heavy atom. The molecule has 0 bridgehead atoms. The fourth-order valence-corrected chi connectivity index (χ4v) is 3.68. The molecule has 0 aliphatic carbocycles. The van der Waals surface area contributed by atoms with Gasteiger partial charge >= 0.3 is 0 Å². The van der Waals surface area contributed by atoms with E-state index < -0.39 is 0 Å². The van der Waals surface area contributed by atoms with Crippen molar-refractivity contribution in [3.8, 4) is 0 Å². The van der Waals surface area contributed by atoms with Gasteiger partial charge in [0.15, 0.2) is 0 Å². The Kier molecular flexibility index (Phi) is 4.43. The van der Waals surface area contributed by atoms with Crippen LogP contribution in [0.5, 0.6) is 0 Å². The number of carbonyl (C=O) groups is 2. The van der Waals surface area contributed by atoms with Gasteiger partial charge in [-0.3, -0.25) is 14.5 Å². The molecule has 3 N–H and O–H groups in total. The summed E-state index contributed by atoms with van der Waals surface area (Å²) in [6.07, 6.45) is 4.19. The molecule has 1 fully saturated rings. The Hall–Kier alpha value is -1.88. The second kappa shape index (κ2) is 6.48. The Bertz CT molecular complexity index is 573. The Morgan fingerprint density at radius 1 is 1.32 bits per heavy atom. The molecule has 22 heavy (non-hydrogen) atoms. The summed E-state index contributed by atoms with van der Waals surface area (Å²) in [4.78, 5) is 25.9. The molecule has 1 aromatic carbocycles. The number of para-hydroxylation sites is 1. The molecule has 118 valence electrons. The third-order valence-electron chi connectivity index (χ3n) is 4.75. The topological polar surface area (TPSA) is 75.4 Å². The summed E-state index contributed by atoms with van der Waals surface area (Å²) in [6, 6.07) is 7.88. The first-order chi connectivity index (χ1) is 10.6. The van der Waals surface area contributed by atoms with E-state index in [2.05, 4.69) is 16.3 Å². The van der Waals surface area contributed by atoms with Crippen molar-refractivity contribution < 1.29 is 9.59 Å². The van der Waals surface area contributed by atoms with Crippen molar-refractivity contribution in [3.63, 3.8) is 0 Å². The zero-order valence-electron chi connectivity index (χ0n) is 12.8. The first-order valence-electron chi connectivity index (χ1n) is 8.04. The molecule has 0 unspecified atom stereocenters. The maximum atomic E-state index is 12.6. The second-order valence-corrected chi connectivity index (χ2v) is 6.37. The minimum atomic E-state index is -0.246. The van der Waals surface area contributed by atoms with Gasteiger partial charge in [0.25, 0.3) is 0 Å². The van der Waals surface area contributed by atoms with Crippen LogP contribution in [0.3, 0.4) is 0 Å². The number of hydrogen-bond donors (Lipinski definition) is 2. The van der Waals surface area contributed by atoms with Crippen molar-refractivity contribution in [1.82, 2.24) is 4.90 Å². The van der Waals surface area contributed by atoms with Gasteiger partial charge in [-0.1, -0.05) is 18.2 Å². The summed E-state index contributed by atoms with van der Waals surface area (Å²) >= 11 is 0. The van der Waals surface area contributed by atoms with Gasteiger partial charge in [-0.2, -0.15) is 0 Å². The molecule has 3 rings (SSSR count). The molecule has 5 heteroatoms. The monoisotopic (exact) mass is 301 g/mol. The Morgan fingerprint density at radius 2 is 2.14 bits per heavy atom. The molecule has 2 atom stereocenters. The number of amides is 2. The van der Waals surface area contributed by atoms with Crippen LogP contribution in [-0.2, 0) is 16.0 Å². The molecule has 2 amide bonds. The van der Waals surface area contributed by atoms with Crippen LogP contribution in [0.2, 0.25) is 0 Å². The second-order valence-electron chi connectivity index (χ2n) is 6.37. The van der Waals surface area contributed by atoms with Gasteiger partial charge in [-0.15, -0.1) is 0 Å². The summed E-state index contributed by atoms with van der Waals surface area (Å²) in [5.41, 5.74) is 7.45. The molecule has 0 aromatic heterocycles. The number of hydrogen-bond acceptors (Lipinski definition) is 3. The number of nitrogens with one attached hydrogen (secondary N) is 1. The Labute approximate surface area is 130 Å². The smallest absolute Gasteiger partial charge is 0.241 e. The number of piperidine rings is 1. The van der Waals surface area contributed by atoms with E-state index in [0.717, 1.165) is 44.5 Å². The SMILES string of the molecule is NC(=O)C[C@H]1CCCN([C@H]2CCc3ccccc3NC2=O)C1. The normalized spacial score (nSPS) is 25.9. The molecule has 0 radical (unpaired) electrons. The minimum absolute atomic E-state index is 0.0738. The van der Waals surface area contributed by atoms with E-state index in [4.69, 9.17) is 5.73 Å². The van der Waals surface area contributed by atoms with Gasteiger partial charge in [0.05, 0.1) is 6.04 Å². The lowest BCUT2D eigenvalue weighted by Gasteiger charge is -2.36. The number of carbonyl (C=O) groups excluding carboxylic acids is 2. The van der Waals surface area contributed by atoms with Gasteiger partial charge in [0.2, 0.25) is 11.8 Å². The van der Waals surface area contributed by atoms with E-state index >= 15 is 0 Å². The van der Waals surface area contributed by atoms with E-state index in [0.29, 0.717) is 6.42 Å². The molecule has 2 heterocycles. The van der Waals surface area contributed by atoms with Crippen molar-refractivity contribution in [2.45, 2.75) is 38.1 Å². The number of anilines is 1. The number of nitrogens with two attached hydrogens (primary N) is 1. The number of benzene rings is 1.